The van der Waals surface area contributed by atoms with E-state index in [-0.39, 0.29) is 24.0 Å². The molecule has 0 saturated heterocycles. The molecule has 0 spiro atoms. The van der Waals surface area contributed by atoms with Gasteiger partial charge in [-0.05, 0) is 35.4 Å². The second-order valence-electron chi connectivity index (χ2n) is 8.65. The number of benzene rings is 2. The number of sulfone groups is 1. The standard InChI is InChI=1S/C24H31Cl3O5S/c1-5-33(29,30)15-19(28)14-31-20-8-6-17(7-9-20)24(3,4)18-10-21(26)23(22(27)11-18)32-13-16(2)12-25/h6-11,16,19,28H,5,12-15H2,1-4H3/t16-,19+/m1/s1. The molecule has 0 bridgehead atoms. The number of hydrogen-bond acceptors (Lipinski definition) is 5. The molecule has 5 nitrogen and oxygen atoms in total. The van der Waals surface area contributed by atoms with Crippen molar-refractivity contribution in [3.8, 4) is 11.5 Å². The van der Waals surface area contributed by atoms with Crippen LogP contribution in [0.1, 0.15) is 38.8 Å². The molecule has 0 aliphatic heterocycles. The van der Waals surface area contributed by atoms with E-state index >= 15 is 0 Å². The number of aliphatic hydroxyl groups is 1. The van der Waals surface area contributed by atoms with Gasteiger partial charge < -0.3 is 14.6 Å². The van der Waals surface area contributed by atoms with Crippen molar-refractivity contribution in [2.75, 3.05) is 30.6 Å². The van der Waals surface area contributed by atoms with Crippen molar-refractivity contribution in [3.05, 3.63) is 57.6 Å². The first kappa shape index (κ1) is 28.1. The van der Waals surface area contributed by atoms with Gasteiger partial charge in [0.05, 0.1) is 22.4 Å². The van der Waals surface area contributed by atoms with Gasteiger partial charge in [0.25, 0.3) is 0 Å². The van der Waals surface area contributed by atoms with Crippen molar-refractivity contribution in [2.45, 2.75) is 39.2 Å². The number of alkyl halides is 1. The minimum atomic E-state index is -3.27. The molecule has 0 aliphatic carbocycles. The largest absolute Gasteiger partial charge is 0.491 e. The highest BCUT2D eigenvalue weighted by atomic mass is 35.5. The topological polar surface area (TPSA) is 72.8 Å². The van der Waals surface area contributed by atoms with Gasteiger partial charge >= 0.3 is 0 Å². The van der Waals surface area contributed by atoms with Gasteiger partial charge in [0.2, 0.25) is 0 Å². The summed E-state index contributed by atoms with van der Waals surface area (Å²) in [6, 6.07) is 11.1. The van der Waals surface area contributed by atoms with Gasteiger partial charge in [-0.15, -0.1) is 11.6 Å². The molecule has 0 radical (unpaired) electrons. The van der Waals surface area contributed by atoms with Crippen molar-refractivity contribution in [1.82, 2.24) is 0 Å². The fraction of sp³-hybridized carbons (Fsp3) is 0.500. The van der Waals surface area contributed by atoms with Crippen LogP contribution in [0.5, 0.6) is 11.5 Å². The first-order valence-electron chi connectivity index (χ1n) is 10.7. The van der Waals surface area contributed by atoms with Gasteiger partial charge in [0.15, 0.2) is 15.6 Å². The van der Waals surface area contributed by atoms with E-state index in [1.165, 1.54) is 0 Å². The lowest BCUT2D eigenvalue weighted by molar-refractivity contribution is 0.125. The Hall–Kier alpha value is -1.18. The molecular formula is C24H31Cl3O5S. The average molecular weight is 538 g/mol. The number of halogens is 3. The molecule has 0 aliphatic rings. The van der Waals surface area contributed by atoms with E-state index in [1.807, 2.05) is 31.2 Å². The van der Waals surface area contributed by atoms with Gasteiger partial charge in [-0.25, -0.2) is 8.42 Å². The van der Waals surface area contributed by atoms with Gasteiger partial charge in [-0.1, -0.05) is 63.0 Å². The van der Waals surface area contributed by atoms with Gasteiger partial charge in [0.1, 0.15) is 18.5 Å². The molecule has 0 unspecified atom stereocenters. The van der Waals surface area contributed by atoms with Crippen LogP contribution in [0.15, 0.2) is 36.4 Å². The summed E-state index contributed by atoms with van der Waals surface area (Å²) in [7, 11) is -3.27. The summed E-state index contributed by atoms with van der Waals surface area (Å²) in [6.45, 7) is 7.96. The van der Waals surface area contributed by atoms with Crippen LogP contribution in [0.2, 0.25) is 10.0 Å². The van der Waals surface area contributed by atoms with Gasteiger partial charge in [-0.3, -0.25) is 0 Å². The van der Waals surface area contributed by atoms with Crippen LogP contribution in [0.25, 0.3) is 0 Å². The van der Waals surface area contributed by atoms with Crippen LogP contribution in [0.4, 0.5) is 0 Å². The third-order valence-electron chi connectivity index (χ3n) is 5.40. The second kappa shape index (κ2) is 12.0. The van der Waals surface area contributed by atoms with Crippen molar-refractivity contribution < 1.29 is 23.0 Å². The van der Waals surface area contributed by atoms with Crippen LogP contribution in [-0.4, -0.2) is 50.2 Å². The summed E-state index contributed by atoms with van der Waals surface area (Å²) >= 11 is 18.8. The maximum atomic E-state index is 11.6. The van der Waals surface area contributed by atoms with Gasteiger partial charge in [-0.2, -0.15) is 0 Å². The van der Waals surface area contributed by atoms with Crippen LogP contribution in [0, 0.1) is 5.92 Å². The molecule has 184 valence electrons. The Kier molecular flexibility index (Phi) is 10.2. The highest BCUT2D eigenvalue weighted by molar-refractivity contribution is 7.91. The van der Waals surface area contributed by atoms with Crippen LogP contribution < -0.4 is 9.47 Å². The molecule has 2 rings (SSSR count). The number of rotatable bonds is 12. The molecular weight excluding hydrogens is 507 g/mol. The lowest BCUT2D eigenvalue weighted by Gasteiger charge is -2.27. The Balaban J connectivity index is 2.12. The van der Waals surface area contributed by atoms with E-state index in [0.29, 0.717) is 34.0 Å². The summed E-state index contributed by atoms with van der Waals surface area (Å²) in [6.07, 6.45) is -1.08. The Morgan fingerprint density at radius 3 is 2.09 bits per heavy atom. The normalized spacial score (nSPS) is 14.1. The minimum Gasteiger partial charge on any atom is -0.491 e. The van der Waals surface area contributed by atoms with E-state index in [9.17, 15) is 13.5 Å². The highest BCUT2D eigenvalue weighted by Gasteiger charge is 2.26. The highest BCUT2D eigenvalue weighted by Crippen LogP contribution is 2.40. The van der Waals surface area contributed by atoms with Crippen molar-refractivity contribution in [2.24, 2.45) is 5.92 Å². The fourth-order valence-corrected chi connectivity index (χ4v) is 4.72. The molecule has 0 aromatic heterocycles. The molecule has 0 saturated carbocycles. The molecule has 0 amide bonds. The smallest absolute Gasteiger partial charge is 0.156 e. The van der Waals surface area contributed by atoms with Crippen molar-refractivity contribution >= 4 is 44.6 Å². The molecule has 0 fully saturated rings. The van der Waals surface area contributed by atoms with Crippen molar-refractivity contribution in [1.29, 1.82) is 0 Å². The Morgan fingerprint density at radius 2 is 1.58 bits per heavy atom. The fourth-order valence-electron chi connectivity index (χ4n) is 3.11. The monoisotopic (exact) mass is 536 g/mol. The van der Waals surface area contributed by atoms with Crippen LogP contribution in [-0.2, 0) is 15.3 Å². The summed E-state index contributed by atoms with van der Waals surface area (Å²) in [4.78, 5) is 0. The van der Waals surface area contributed by atoms with E-state index in [0.717, 1.165) is 11.1 Å². The quantitative estimate of drug-likeness (QED) is 0.349. The van der Waals surface area contributed by atoms with Crippen LogP contribution in [0.3, 0.4) is 0 Å². The first-order chi connectivity index (χ1) is 15.4. The molecule has 33 heavy (non-hydrogen) atoms. The lowest BCUT2D eigenvalue weighted by Crippen LogP contribution is -2.28. The third kappa shape index (κ3) is 7.93. The summed E-state index contributed by atoms with van der Waals surface area (Å²) in [5.41, 5.74) is 1.51. The predicted molar refractivity (Wildman–Crippen MR) is 136 cm³/mol. The zero-order chi connectivity index (χ0) is 24.8. The number of ether oxygens (including phenoxy) is 2. The van der Waals surface area contributed by atoms with Gasteiger partial charge in [0, 0.05) is 23.0 Å². The minimum absolute atomic E-state index is 0.0124. The molecule has 2 aromatic rings. The molecule has 1 N–H and O–H groups in total. The summed E-state index contributed by atoms with van der Waals surface area (Å²) in [5, 5.41) is 10.8. The molecule has 2 aromatic carbocycles. The Labute approximate surface area is 211 Å². The predicted octanol–water partition coefficient (Wildman–Crippen LogP) is 5.75. The molecule has 2 atom stereocenters. The van der Waals surface area contributed by atoms with E-state index < -0.39 is 21.4 Å². The van der Waals surface area contributed by atoms with E-state index in [4.69, 9.17) is 44.3 Å². The van der Waals surface area contributed by atoms with E-state index in [1.54, 1.807) is 19.1 Å². The zero-order valence-corrected chi connectivity index (χ0v) is 22.4. The summed E-state index contributed by atoms with van der Waals surface area (Å²) in [5.74, 6) is 1.31. The third-order valence-corrected chi connectivity index (χ3v) is 8.26. The second-order valence-corrected chi connectivity index (χ2v) is 12.2. The molecule has 9 heteroatoms. The Bertz CT molecular complexity index is 1000. The maximum absolute atomic E-state index is 11.6. The SMILES string of the molecule is CCS(=O)(=O)C[C@@H](O)COc1ccc(C(C)(C)c2cc(Cl)c(OC[C@H](C)CCl)c(Cl)c2)cc1. The average Bonchev–Trinajstić information content (AvgIpc) is 2.76. The maximum Gasteiger partial charge on any atom is 0.156 e. The summed E-state index contributed by atoms with van der Waals surface area (Å²) < 4.78 is 34.6. The number of aliphatic hydroxyl groups excluding tert-OH is 1. The Morgan fingerprint density at radius 1 is 1.00 bits per heavy atom. The number of hydrogen-bond donors (Lipinski definition) is 1. The first-order valence-corrected chi connectivity index (χ1v) is 13.8. The lowest BCUT2D eigenvalue weighted by atomic mass is 9.78. The zero-order valence-electron chi connectivity index (χ0n) is 19.3. The van der Waals surface area contributed by atoms with E-state index in [2.05, 4.69) is 13.8 Å². The van der Waals surface area contributed by atoms with Crippen molar-refractivity contribution in [3.63, 3.8) is 0 Å². The van der Waals surface area contributed by atoms with Crippen LogP contribution >= 0.6 is 34.8 Å². The molecule has 0 heterocycles.